The van der Waals surface area contributed by atoms with Gasteiger partial charge in [-0.25, -0.2) is 0 Å². The molecular formula is C12H25NO3. The molecule has 0 aliphatic carbocycles. The average Bonchev–Trinajstić information content (AvgIpc) is 2.13. The molecule has 0 unspecified atom stereocenters. The van der Waals surface area contributed by atoms with Crippen LogP contribution < -0.4 is 0 Å². The van der Waals surface area contributed by atoms with Crippen molar-refractivity contribution in [2.24, 2.45) is 0 Å². The topological polar surface area (TPSA) is 38.8 Å². The summed E-state index contributed by atoms with van der Waals surface area (Å²) in [7, 11) is 1.98. The normalized spacial score (nSPS) is 11.9. The van der Waals surface area contributed by atoms with E-state index in [1.807, 2.05) is 34.7 Å². The SMILES string of the molecule is CCOC(=O)CCN(C)CCOC(C)(C)C. The molecule has 0 aromatic rings. The van der Waals surface area contributed by atoms with Gasteiger partial charge in [0, 0.05) is 13.1 Å². The fraction of sp³-hybridized carbons (Fsp3) is 0.917. The summed E-state index contributed by atoms with van der Waals surface area (Å²) in [5.41, 5.74) is -0.0953. The lowest BCUT2D eigenvalue weighted by Crippen LogP contribution is -2.29. The number of hydrogen-bond acceptors (Lipinski definition) is 4. The van der Waals surface area contributed by atoms with Crippen LogP contribution in [0.2, 0.25) is 0 Å². The van der Waals surface area contributed by atoms with Gasteiger partial charge >= 0.3 is 5.97 Å². The van der Waals surface area contributed by atoms with Crippen LogP contribution in [0.15, 0.2) is 0 Å². The second-order valence-corrected chi connectivity index (χ2v) is 4.82. The third-order valence-electron chi connectivity index (χ3n) is 2.01. The van der Waals surface area contributed by atoms with E-state index in [0.29, 0.717) is 26.2 Å². The number of nitrogens with zero attached hydrogens (tertiary/aromatic N) is 1. The molecule has 0 saturated heterocycles. The molecule has 0 aliphatic rings. The molecule has 16 heavy (non-hydrogen) atoms. The van der Waals surface area contributed by atoms with E-state index >= 15 is 0 Å². The van der Waals surface area contributed by atoms with Crippen LogP contribution in [0.1, 0.15) is 34.1 Å². The van der Waals surface area contributed by atoms with Crippen LogP contribution in [0.4, 0.5) is 0 Å². The number of carbonyl (C=O) groups is 1. The number of carbonyl (C=O) groups excluding carboxylic acids is 1. The molecule has 0 N–H and O–H groups in total. The highest BCUT2D eigenvalue weighted by Crippen LogP contribution is 2.05. The van der Waals surface area contributed by atoms with E-state index in [1.165, 1.54) is 0 Å². The Bertz CT molecular complexity index is 199. The summed E-state index contributed by atoms with van der Waals surface area (Å²) in [6.45, 7) is 10.6. The van der Waals surface area contributed by atoms with Crippen LogP contribution in [0, 0.1) is 0 Å². The monoisotopic (exact) mass is 231 g/mol. The third kappa shape index (κ3) is 9.93. The third-order valence-corrected chi connectivity index (χ3v) is 2.01. The van der Waals surface area contributed by atoms with Gasteiger partial charge in [-0.05, 0) is 34.7 Å². The smallest absolute Gasteiger partial charge is 0.307 e. The molecule has 0 aliphatic heterocycles. The molecule has 4 heteroatoms. The first-order chi connectivity index (χ1) is 7.35. The highest BCUT2D eigenvalue weighted by Gasteiger charge is 2.10. The quantitative estimate of drug-likeness (QED) is 0.625. The lowest BCUT2D eigenvalue weighted by Gasteiger charge is -2.22. The summed E-state index contributed by atoms with van der Waals surface area (Å²) in [5, 5.41) is 0. The Labute approximate surface area is 98.9 Å². The van der Waals surface area contributed by atoms with Crippen LogP contribution in [0.25, 0.3) is 0 Å². The van der Waals surface area contributed by atoms with Crippen molar-refractivity contribution in [3.63, 3.8) is 0 Å². The van der Waals surface area contributed by atoms with Crippen molar-refractivity contribution in [2.75, 3.05) is 33.4 Å². The highest BCUT2D eigenvalue weighted by molar-refractivity contribution is 5.69. The van der Waals surface area contributed by atoms with Gasteiger partial charge in [-0.2, -0.15) is 0 Å². The first-order valence-electron chi connectivity index (χ1n) is 5.83. The molecule has 0 aromatic heterocycles. The number of hydrogen-bond donors (Lipinski definition) is 0. The Morgan fingerprint density at radius 1 is 1.25 bits per heavy atom. The second-order valence-electron chi connectivity index (χ2n) is 4.82. The van der Waals surface area contributed by atoms with E-state index in [4.69, 9.17) is 9.47 Å². The Kier molecular flexibility index (Phi) is 7.34. The largest absolute Gasteiger partial charge is 0.466 e. The standard InChI is InChI=1S/C12H25NO3/c1-6-15-11(14)7-8-13(5)9-10-16-12(2,3)4/h6-10H2,1-5H3. The van der Waals surface area contributed by atoms with Crippen molar-refractivity contribution in [3.05, 3.63) is 0 Å². The van der Waals surface area contributed by atoms with Gasteiger partial charge in [0.2, 0.25) is 0 Å². The van der Waals surface area contributed by atoms with Crippen LogP contribution in [-0.2, 0) is 14.3 Å². The zero-order valence-electron chi connectivity index (χ0n) is 11.2. The van der Waals surface area contributed by atoms with Crippen molar-refractivity contribution in [3.8, 4) is 0 Å². The molecule has 0 aromatic carbocycles. The molecule has 0 fully saturated rings. The molecule has 0 bridgehead atoms. The van der Waals surface area contributed by atoms with Gasteiger partial charge in [0.1, 0.15) is 0 Å². The predicted octanol–water partition coefficient (Wildman–Crippen LogP) is 1.69. The summed E-state index contributed by atoms with van der Waals surface area (Å²) in [6, 6.07) is 0. The Hall–Kier alpha value is -0.610. The fourth-order valence-corrected chi connectivity index (χ4v) is 1.13. The van der Waals surface area contributed by atoms with Crippen molar-refractivity contribution >= 4 is 5.97 Å². The minimum atomic E-state index is -0.133. The Morgan fingerprint density at radius 3 is 2.38 bits per heavy atom. The van der Waals surface area contributed by atoms with E-state index in [9.17, 15) is 4.79 Å². The summed E-state index contributed by atoms with van der Waals surface area (Å²) in [6.07, 6.45) is 0.444. The zero-order valence-corrected chi connectivity index (χ0v) is 11.2. The lowest BCUT2D eigenvalue weighted by molar-refractivity contribution is -0.143. The van der Waals surface area contributed by atoms with Gasteiger partial charge in [-0.15, -0.1) is 0 Å². The molecular weight excluding hydrogens is 206 g/mol. The van der Waals surface area contributed by atoms with Crippen LogP contribution >= 0.6 is 0 Å². The van der Waals surface area contributed by atoms with E-state index in [0.717, 1.165) is 6.54 Å². The van der Waals surface area contributed by atoms with Gasteiger partial charge in [0.25, 0.3) is 0 Å². The molecule has 0 amide bonds. The summed E-state index contributed by atoms with van der Waals surface area (Å²) >= 11 is 0. The minimum Gasteiger partial charge on any atom is -0.466 e. The van der Waals surface area contributed by atoms with Crippen molar-refractivity contribution in [1.29, 1.82) is 0 Å². The van der Waals surface area contributed by atoms with Gasteiger partial charge in [-0.1, -0.05) is 0 Å². The molecule has 0 rings (SSSR count). The summed E-state index contributed by atoms with van der Waals surface area (Å²) in [4.78, 5) is 13.2. The Balaban J connectivity index is 3.52. The predicted molar refractivity (Wildman–Crippen MR) is 64.5 cm³/mol. The van der Waals surface area contributed by atoms with Crippen LogP contribution in [0.3, 0.4) is 0 Å². The molecule has 0 atom stereocenters. The van der Waals surface area contributed by atoms with Crippen LogP contribution in [0.5, 0.6) is 0 Å². The highest BCUT2D eigenvalue weighted by atomic mass is 16.5. The molecule has 0 radical (unpaired) electrons. The molecule has 4 nitrogen and oxygen atoms in total. The van der Waals surface area contributed by atoms with Crippen molar-refractivity contribution in [2.45, 2.75) is 39.7 Å². The minimum absolute atomic E-state index is 0.0953. The number of esters is 1. The molecule has 0 heterocycles. The molecule has 96 valence electrons. The second kappa shape index (κ2) is 7.63. The first-order valence-corrected chi connectivity index (χ1v) is 5.83. The molecule has 0 saturated carbocycles. The van der Waals surface area contributed by atoms with E-state index in [2.05, 4.69) is 4.90 Å². The first kappa shape index (κ1) is 15.4. The van der Waals surface area contributed by atoms with E-state index in [1.54, 1.807) is 0 Å². The maximum atomic E-state index is 11.1. The lowest BCUT2D eigenvalue weighted by atomic mass is 10.2. The van der Waals surface area contributed by atoms with Crippen molar-refractivity contribution in [1.82, 2.24) is 4.90 Å². The van der Waals surface area contributed by atoms with Crippen molar-refractivity contribution < 1.29 is 14.3 Å². The average molecular weight is 231 g/mol. The van der Waals surface area contributed by atoms with Crippen LogP contribution in [-0.4, -0.2) is 49.8 Å². The molecule has 0 spiro atoms. The zero-order chi connectivity index (χ0) is 12.6. The van der Waals surface area contributed by atoms with Gasteiger partial charge in [0.05, 0.1) is 25.2 Å². The van der Waals surface area contributed by atoms with Gasteiger partial charge in [0.15, 0.2) is 0 Å². The number of rotatable bonds is 7. The maximum absolute atomic E-state index is 11.1. The van der Waals surface area contributed by atoms with Gasteiger partial charge in [-0.3, -0.25) is 4.79 Å². The fourth-order valence-electron chi connectivity index (χ4n) is 1.13. The summed E-state index contributed by atoms with van der Waals surface area (Å²) in [5.74, 6) is -0.133. The maximum Gasteiger partial charge on any atom is 0.307 e. The van der Waals surface area contributed by atoms with Gasteiger partial charge < -0.3 is 14.4 Å². The van der Waals surface area contributed by atoms with E-state index < -0.39 is 0 Å². The summed E-state index contributed by atoms with van der Waals surface area (Å²) < 4.78 is 10.5. The number of likely N-dealkylation sites (N-methyl/N-ethyl adjacent to an activating group) is 1. The number of ether oxygens (including phenoxy) is 2. The van der Waals surface area contributed by atoms with E-state index in [-0.39, 0.29) is 11.6 Å². The Morgan fingerprint density at radius 2 is 1.88 bits per heavy atom.